The Bertz CT molecular complexity index is 1080. The number of halogens is 8. The number of alkyl halides is 3. The maximum absolute atomic E-state index is 14.9. The molecule has 0 aliphatic heterocycles. The van der Waals surface area contributed by atoms with E-state index in [-0.39, 0.29) is 5.56 Å². The van der Waals surface area contributed by atoms with Crippen LogP contribution in [0.15, 0.2) is 42.2 Å². The Labute approximate surface area is 183 Å². The Balaban J connectivity index is 1.85. The molecule has 0 saturated heterocycles. The molecule has 2 aromatic carbocycles. The van der Waals surface area contributed by atoms with Crippen LogP contribution in [0.2, 0.25) is 0 Å². The van der Waals surface area contributed by atoms with Crippen molar-refractivity contribution in [2.45, 2.75) is 25.8 Å². The Morgan fingerprint density at radius 2 is 1.66 bits per heavy atom. The number of allylic oxidation sites excluding steroid dienone is 2. The van der Waals surface area contributed by atoms with Crippen LogP contribution in [0.1, 0.15) is 19.4 Å². The summed E-state index contributed by atoms with van der Waals surface area (Å²) in [6.07, 6.45) is 0.491. The van der Waals surface area contributed by atoms with Crippen LogP contribution in [0, 0.1) is 40.5 Å². The first-order valence-electron chi connectivity index (χ1n) is 9.29. The lowest BCUT2D eigenvalue weighted by Crippen LogP contribution is -2.14. The van der Waals surface area contributed by atoms with Crippen molar-refractivity contribution in [2.75, 3.05) is 0 Å². The van der Waals surface area contributed by atoms with Gasteiger partial charge < -0.3 is 4.74 Å². The maximum atomic E-state index is 14.9. The molecule has 0 amide bonds. The van der Waals surface area contributed by atoms with Gasteiger partial charge in [-0.25, -0.2) is 22.0 Å². The SMILES string of the molecule is CC1(C)[C@H](C(=O)OCc2c(F)c(F)c(F)c(-c3ccccc3)c2F)[C@@H]1C=C(F)C(F)(F)Cl. The number of esters is 1. The normalized spacial score (nSPS) is 20.2. The highest BCUT2D eigenvalue weighted by Crippen LogP contribution is 2.60. The number of hydrogen-bond donors (Lipinski definition) is 0. The molecule has 0 unspecified atom stereocenters. The van der Waals surface area contributed by atoms with Gasteiger partial charge in [0.25, 0.3) is 0 Å². The summed E-state index contributed by atoms with van der Waals surface area (Å²) in [7, 11) is 0. The molecule has 3 rings (SSSR count). The first kappa shape index (κ1) is 24.1. The first-order valence-corrected chi connectivity index (χ1v) is 9.67. The second-order valence-corrected chi connectivity index (χ2v) is 8.40. The zero-order valence-corrected chi connectivity index (χ0v) is 17.4. The van der Waals surface area contributed by atoms with E-state index in [9.17, 15) is 35.5 Å². The molecule has 172 valence electrons. The minimum absolute atomic E-state index is 0.0695. The van der Waals surface area contributed by atoms with Crippen molar-refractivity contribution in [2.24, 2.45) is 17.3 Å². The average molecular weight is 481 g/mol. The van der Waals surface area contributed by atoms with Gasteiger partial charge in [-0.3, -0.25) is 4.79 Å². The fourth-order valence-corrected chi connectivity index (χ4v) is 3.65. The van der Waals surface area contributed by atoms with E-state index in [1.54, 1.807) is 6.07 Å². The third-order valence-corrected chi connectivity index (χ3v) is 5.72. The smallest absolute Gasteiger partial charge is 0.373 e. The fraction of sp³-hybridized carbons (Fsp3) is 0.318. The number of benzene rings is 2. The van der Waals surface area contributed by atoms with Gasteiger partial charge in [0.2, 0.25) is 0 Å². The predicted molar refractivity (Wildman–Crippen MR) is 102 cm³/mol. The van der Waals surface area contributed by atoms with Crippen molar-refractivity contribution < 1.29 is 40.3 Å². The molecule has 0 N–H and O–H groups in total. The Hall–Kier alpha value is -2.55. The maximum Gasteiger partial charge on any atom is 0.373 e. The van der Waals surface area contributed by atoms with Gasteiger partial charge in [0, 0.05) is 0 Å². The van der Waals surface area contributed by atoms with Gasteiger partial charge >= 0.3 is 11.4 Å². The predicted octanol–water partition coefficient (Wildman–Crippen LogP) is 6.91. The van der Waals surface area contributed by atoms with Gasteiger partial charge in [-0.15, -0.1) is 0 Å². The molecule has 1 aliphatic rings. The molecule has 0 bridgehead atoms. The van der Waals surface area contributed by atoms with Crippen LogP contribution in [0.3, 0.4) is 0 Å². The number of carbonyl (C=O) groups excluding carboxylic acids is 1. The van der Waals surface area contributed by atoms with E-state index < -0.39 is 75.4 Å². The summed E-state index contributed by atoms with van der Waals surface area (Å²) in [5.74, 6) is -12.2. The van der Waals surface area contributed by atoms with Gasteiger partial charge in [-0.2, -0.15) is 8.78 Å². The highest BCUT2D eigenvalue weighted by molar-refractivity contribution is 6.23. The van der Waals surface area contributed by atoms with Crippen LogP contribution in [-0.4, -0.2) is 11.4 Å². The number of hydrogen-bond acceptors (Lipinski definition) is 2. The molecule has 10 heteroatoms. The van der Waals surface area contributed by atoms with Crippen molar-refractivity contribution in [1.29, 1.82) is 0 Å². The number of carbonyl (C=O) groups is 1. The molecule has 0 aromatic heterocycles. The van der Waals surface area contributed by atoms with Crippen LogP contribution in [0.4, 0.5) is 30.7 Å². The lowest BCUT2D eigenvalue weighted by Gasteiger charge is -2.13. The minimum Gasteiger partial charge on any atom is -0.460 e. The molecule has 1 saturated carbocycles. The molecule has 2 atom stereocenters. The third-order valence-electron chi connectivity index (χ3n) is 5.54. The molecular weight excluding hydrogens is 465 g/mol. The van der Waals surface area contributed by atoms with Gasteiger partial charge in [0.1, 0.15) is 12.4 Å². The largest absolute Gasteiger partial charge is 0.460 e. The molecule has 32 heavy (non-hydrogen) atoms. The Morgan fingerprint density at radius 3 is 2.22 bits per heavy atom. The standard InChI is InChI=1S/C22H16ClF7O2/c1-21(2)12(8-13(24)22(23,29)30)15(21)20(31)32-9-11-16(25)14(10-6-4-3-5-7-10)18(27)19(28)17(11)26/h3-8,12,15H,9H2,1-2H3/t12-,15-/m0/s1. The zero-order valence-electron chi connectivity index (χ0n) is 16.7. The van der Waals surface area contributed by atoms with Crippen LogP contribution in [-0.2, 0) is 16.1 Å². The van der Waals surface area contributed by atoms with Crippen molar-refractivity contribution in [3.05, 3.63) is 71.1 Å². The number of ether oxygens (including phenoxy) is 1. The van der Waals surface area contributed by atoms with Crippen LogP contribution < -0.4 is 0 Å². The van der Waals surface area contributed by atoms with Crippen LogP contribution in [0.25, 0.3) is 11.1 Å². The fourth-order valence-electron chi connectivity index (χ4n) is 3.59. The van der Waals surface area contributed by atoms with Crippen molar-refractivity contribution in [3.8, 4) is 11.1 Å². The first-order chi connectivity index (χ1) is 14.8. The van der Waals surface area contributed by atoms with Crippen LogP contribution >= 0.6 is 11.6 Å². The highest BCUT2D eigenvalue weighted by Gasteiger charge is 2.62. The van der Waals surface area contributed by atoms with E-state index in [4.69, 9.17) is 4.74 Å². The monoisotopic (exact) mass is 480 g/mol. The van der Waals surface area contributed by atoms with E-state index in [0.717, 1.165) is 0 Å². The quantitative estimate of drug-likeness (QED) is 0.148. The molecule has 2 aromatic rings. The number of rotatable bonds is 6. The second kappa shape index (κ2) is 8.42. The van der Waals surface area contributed by atoms with Crippen molar-refractivity contribution >= 4 is 17.6 Å². The zero-order chi connectivity index (χ0) is 24.0. The Kier molecular flexibility index (Phi) is 6.34. The van der Waals surface area contributed by atoms with Gasteiger partial charge in [0.05, 0.1) is 17.0 Å². The molecule has 0 spiro atoms. The summed E-state index contributed by atoms with van der Waals surface area (Å²) in [5.41, 5.74) is -2.94. The third kappa shape index (κ3) is 4.35. The summed E-state index contributed by atoms with van der Waals surface area (Å²) in [6.45, 7) is 1.84. The second-order valence-electron chi connectivity index (χ2n) is 7.92. The van der Waals surface area contributed by atoms with E-state index in [2.05, 4.69) is 11.6 Å². The minimum atomic E-state index is -4.25. The van der Waals surface area contributed by atoms with E-state index >= 15 is 0 Å². The van der Waals surface area contributed by atoms with E-state index in [0.29, 0.717) is 6.08 Å². The molecular formula is C22H16ClF7O2. The van der Waals surface area contributed by atoms with Crippen molar-refractivity contribution in [1.82, 2.24) is 0 Å². The van der Waals surface area contributed by atoms with Crippen LogP contribution in [0.5, 0.6) is 0 Å². The summed E-state index contributed by atoms with van der Waals surface area (Å²) in [5, 5.41) is -4.25. The topological polar surface area (TPSA) is 26.3 Å². The average Bonchev–Trinajstić information content (AvgIpc) is 3.26. The van der Waals surface area contributed by atoms with Gasteiger partial charge in [-0.05, 0) is 34.6 Å². The van der Waals surface area contributed by atoms with Gasteiger partial charge in [-0.1, -0.05) is 44.2 Å². The molecule has 1 fully saturated rings. The highest BCUT2D eigenvalue weighted by atomic mass is 35.5. The summed E-state index contributed by atoms with van der Waals surface area (Å²) in [6, 6.07) is 6.97. The van der Waals surface area contributed by atoms with Crippen molar-refractivity contribution in [3.63, 3.8) is 0 Å². The lowest BCUT2D eigenvalue weighted by molar-refractivity contribution is -0.147. The summed E-state index contributed by atoms with van der Waals surface area (Å²) < 4.78 is 101. The summed E-state index contributed by atoms with van der Waals surface area (Å²) >= 11 is 4.60. The molecule has 2 nitrogen and oxygen atoms in total. The Morgan fingerprint density at radius 1 is 1.06 bits per heavy atom. The molecule has 0 heterocycles. The van der Waals surface area contributed by atoms with Gasteiger partial charge in [0.15, 0.2) is 23.3 Å². The molecule has 0 radical (unpaired) electrons. The van der Waals surface area contributed by atoms with E-state index in [1.807, 2.05) is 0 Å². The lowest BCUT2D eigenvalue weighted by atomic mass is 10.0. The molecule has 1 aliphatic carbocycles. The summed E-state index contributed by atoms with van der Waals surface area (Å²) in [4.78, 5) is 12.4. The van der Waals surface area contributed by atoms with E-state index in [1.165, 1.54) is 38.1 Å².